The number of fused-ring (bicyclic) bond motifs is 2. The predicted molar refractivity (Wildman–Crippen MR) is 103 cm³/mol. The number of alkyl halides is 3. The first-order valence-electron chi connectivity index (χ1n) is 8.37. The highest BCUT2D eigenvalue weighted by molar-refractivity contribution is 8.16. The quantitative estimate of drug-likeness (QED) is 0.590. The molecule has 2 aromatic rings. The minimum absolute atomic E-state index is 0.225. The Morgan fingerprint density at radius 3 is 2.42 bits per heavy atom. The first kappa shape index (κ1) is 22.1. The topological polar surface area (TPSA) is 130 Å². The van der Waals surface area contributed by atoms with E-state index in [1.807, 2.05) is 12.1 Å². The maximum Gasteiger partial charge on any atom is 0.490 e. The van der Waals surface area contributed by atoms with Crippen LogP contribution in [0, 0.1) is 0 Å². The molecule has 1 unspecified atom stereocenters. The second-order valence-electron chi connectivity index (χ2n) is 6.06. The van der Waals surface area contributed by atoms with Gasteiger partial charge in [-0.25, -0.2) is 9.59 Å². The van der Waals surface area contributed by atoms with Gasteiger partial charge < -0.3 is 15.2 Å². The molecule has 31 heavy (non-hydrogen) atoms. The lowest BCUT2D eigenvalue weighted by atomic mass is 10.0. The number of aromatic nitrogens is 1. The van der Waals surface area contributed by atoms with Gasteiger partial charge in [0.05, 0.1) is 12.7 Å². The van der Waals surface area contributed by atoms with Crippen LogP contribution in [0.3, 0.4) is 0 Å². The van der Waals surface area contributed by atoms with Crippen LogP contribution in [0.1, 0.15) is 21.5 Å². The maximum absolute atomic E-state index is 12.6. The molecule has 1 aromatic carbocycles. The monoisotopic (exact) mass is 454 g/mol. The van der Waals surface area contributed by atoms with Gasteiger partial charge in [0, 0.05) is 29.2 Å². The van der Waals surface area contributed by atoms with Crippen molar-refractivity contribution in [3.05, 3.63) is 59.4 Å². The van der Waals surface area contributed by atoms with Crippen LogP contribution in [0.4, 0.5) is 18.9 Å². The van der Waals surface area contributed by atoms with Crippen molar-refractivity contribution in [3.8, 4) is 0 Å². The third kappa shape index (κ3) is 4.30. The molecule has 0 aliphatic carbocycles. The molecular weight excluding hydrogens is 441 g/mol. The van der Waals surface area contributed by atoms with Crippen molar-refractivity contribution in [1.82, 2.24) is 10.4 Å². The molecule has 4 rings (SSSR count). The first-order valence-corrected chi connectivity index (χ1v) is 9.19. The zero-order chi connectivity index (χ0) is 22.8. The molecule has 2 aliphatic rings. The number of carboxylic acids is 1. The van der Waals surface area contributed by atoms with Crippen LogP contribution >= 0.6 is 11.8 Å². The van der Waals surface area contributed by atoms with E-state index in [-0.39, 0.29) is 5.91 Å². The number of halogens is 3. The number of aliphatic carboxylic acids is 1. The Kier molecular flexibility index (Phi) is 5.88. The van der Waals surface area contributed by atoms with E-state index in [4.69, 9.17) is 14.6 Å². The minimum atomic E-state index is -5.08. The number of hydrogen-bond acceptors (Lipinski definition) is 8. The normalized spacial score (nSPS) is 18.8. The van der Waals surface area contributed by atoms with Gasteiger partial charge in [-0.15, -0.1) is 0 Å². The number of ether oxygens (including phenoxy) is 1. The average Bonchev–Trinajstić information content (AvgIpc) is 3.31. The van der Waals surface area contributed by atoms with E-state index in [1.54, 1.807) is 30.6 Å². The molecule has 0 saturated heterocycles. The molecule has 0 saturated carbocycles. The van der Waals surface area contributed by atoms with Crippen molar-refractivity contribution >= 4 is 40.3 Å². The van der Waals surface area contributed by atoms with Gasteiger partial charge >= 0.3 is 18.1 Å². The summed E-state index contributed by atoms with van der Waals surface area (Å²) in [5.41, 5.74) is 5.50. The number of hydrogen-bond donors (Lipinski definition) is 3. The smallest absolute Gasteiger partial charge is 0.475 e. The minimum Gasteiger partial charge on any atom is -0.475 e. The van der Waals surface area contributed by atoms with Crippen molar-refractivity contribution in [2.75, 3.05) is 12.4 Å². The summed E-state index contributed by atoms with van der Waals surface area (Å²) in [5.74, 6) is -3.43. The van der Waals surface area contributed by atoms with Gasteiger partial charge in [-0.2, -0.15) is 18.3 Å². The van der Waals surface area contributed by atoms with Crippen LogP contribution in [0.25, 0.3) is 0 Å². The number of carboxylic acid groups (broad SMARTS) is 1. The van der Waals surface area contributed by atoms with Gasteiger partial charge in [0.1, 0.15) is 5.04 Å². The van der Waals surface area contributed by atoms with Crippen LogP contribution in [-0.2, 0) is 19.2 Å². The maximum atomic E-state index is 12.6. The number of anilines is 1. The van der Waals surface area contributed by atoms with Gasteiger partial charge in [0.25, 0.3) is 5.91 Å². The Hall–Kier alpha value is -3.61. The van der Waals surface area contributed by atoms with E-state index in [0.717, 1.165) is 5.56 Å². The van der Waals surface area contributed by atoms with Crippen LogP contribution in [0.15, 0.2) is 47.8 Å². The molecule has 0 radical (unpaired) electrons. The second kappa shape index (κ2) is 8.26. The summed E-state index contributed by atoms with van der Waals surface area (Å²) in [6, 6.07) is 8.62. The fourth-order valence-electron chi connectivity index (χ4n) is 2.67. The van der Waals surface area contributed by atoms with Crippen LogP contribution in [0.5, 0.6) is 0 Å². The van der Waals surface area contributed by atoms with Gasteiger partial charge in [-0.3, -0.25) is 15.2 Å². The molecule has 1 amide bonds. The summed E-state index contributed by atoms with van der Waals surface area (Å²) in [6.45, 7) is 0. The molecule has 1 spiro atoms. The zero-order valence-electron chi connectivity index (χ0n) is 15.6. The molecule has 3 N–H and O–H groups in total. The second-order valence-corrected chi connectivity index (χ2v) is 7.26. The molecule has 1 atom stereocenters. The molecular formula is C18H13F3N4O5S. The number of nitrogens with one attached hydrogen (secondary N) is 2. The Labute approximate surface area is 176 Å². The summed E-state index contributed by atoms with van der Waals surface area (Å²) >= 11 is 1.30. The lowest BCUT2D eigenvalue weighted by Gasteiger charge is -2.20. The number of esters is 1. The highest BCUT2D eigenvalue weighted by Gasteiger charge is 2.52. The first-order chi connectivity index (χ1) is 14.6. The molecule has 0 fully saturated rings. The largest absolute Gasteiger partial charge is 0.490 e. The average molecular weight is 454 g/mol. The van der Waals surface area contributed by atoms with E-state index in [1.165, 1.54) is 18.9 Å². The summed E-state index contributed by atoms with van der Waals surface area (Å²) in [7, 11) is 1.32. The number of hydrazone groups is 1. The number of methoxy groups -OCH3 is 1. The molecule has 3 heterocycles. The summed E-state index contributed by atoms with van der Waals surface area (Å²) < 4.78 is 36.5. The number of benzene rings is 1. The Bertz CT molecular complexity index is 1080. The predicted octanol–water partition coefficient (Wildman–Crippen LogP) is 2.30. The molecule has 2 aliphatic heterocycles. The number of nitrogens with zero attached hydrogens (tertiary/aromatic N) is 2. The SMILES string of the molecule is COC(=O)c1ccc2c(c1)C1(NN=C(c3ccncc3)S1)C(=O)N2.O=C(O)C(F)(F)F. The van der Waals surface area contributed by atoms with Crippen LogP contribution in [0.2, 0.25) is 0 Å². The van der Waals surface area contributed by atoms with E-state index in [2.05, 4.69) is 20.8 Å². The number of thioether (sulfide) groups is 1. The standard InChI is InChI=1S/C16H12N4O3S.C2HF3O2/c1-23-14(21)10-2-3-12-11(8-10)16(15(22)18-12)20-19-13(24-16)9-4-6-17-7-5-9;3-2(4,5)1(6)7/h2-8,20H,1H3,(H,18,22);(H,6,7). The Balaban J connectivity index is 0.000000339. The van der Waals surface area contributed by atoms with Crippen molar-refractivity contribution in [1.29, 1.82) is 0 Å². The number of carbonyl (C=O) groups is 3. The number of amides is 1. The summed E-state index contributed by atoms with van der Waals surface area (Å²) in [5, 5.41) is 14.9. The number of pyridine rings is 1. The molecule has 162 valence electrons. The van der Waals surface area contributed by atoms with Crippen molar-refractivity contribution in [3.63, 3.8) is 0 Å². The third-order valence-electron chi connectivity index (χ3n) is 4.12. The van der Waals surface area contributed by atoms with Crippen LogP contribution in [-0.4, -0.2) is 46.3 Å². The summed E-state index contributed by atoms with van der Waals surface area (Å²) in [6.07, 6.45) is -1.75. The number of rotatable bonds is 2. The highest BCUT2D eigenvalue weighted by Crippen LogP contribution is 2.48. The van der Waals surface area contributed by atoms with Gasteiger partial charge in [0.15, 0.2) is 0 Å². The number of carbonyl (C=O) groups excluding carboxylic acids is 2. The summed E-state index contributed by atoms with van der Waals surface area (Å²) in [4.78, 5) is 36.2. The van der Waals surface area contributed by atoms with Gasteiger partial charge in [0.2, 0.25) is 4.87 Å². The Morgan fingerprint density at radius 1 is 1.19 bits per heavy atom. The lowest BCUT2D eigenvalue weighted by molar-refractivity contribution is -0.192. The van der Waals surface area contributed by atoms with Crippen molar-refractivity contribution < 1.29 is 37.4 Å². The van der Waals surface area contributed by atoms with Crippen molar-refractivity contribution in [2.24, 2.45) is 5.10 Å². The van der Waals surface area contributed by atoms with Crippen LogP contribution < -0.4 is 10.7 Å². The van der Waals surface area contributed by atoms with Gasteiger partial charge in [-0.05, 0) is 30.3 Å². The highest BCUT2D eigenvalue weighted by atomic mass is 32.2. The molecule has 9 nitrogen and oxygen atoms in total. The Morgan fingerprint density at radius 2 is 1.84 bits per heavy atom. The van der Waals surface area contributed by atoms with E-state index >= 15 is 0 Å². The fourth-order valence-corrected chi connectivity index (χ4v) is 3.82. The fraction of sp³-hybridized carbons (Fsp3) is 0.167. The van der Waals surface area contributed by atoms with Gasteiger partial charge in [-0.1, -0.05) is 11.8 Å². The zero-order valence-corrected chi connectivity index (χ0v) is 16.4. The lowest BCUT2D eigenvalue weighted by Crippen LogP contribution is -2.39. The molecule has 13 heteroatoms. The molecule has 0 bridgehead atoms. The van der Waals surface area contributed by atoms with E-state index in [9.17, 15) is 22.8 Å². The third-order valence-corrected chi connectivity index (χ3v) is 5.45. The van der Waals surface area contributed by atoms with E-state index < -0.39 is 23.0 Å². The van der Waals surface area contributed by atoms with Crippen molar-refractivity contribution in [2.45, 2.75) is 11.0 Å². The van der Waals surface area contributed by atoms with E-state index in [0.29, 0.717) is 21.9 Å². The molecule has 1 aromatic heterocycles.